The molecule has 1 amide bonds. The van der Waals surface area contributed by atoms with Crippen molar-refractivity contribution in [3.8, 4) is 34.4 Å². The summed E-state index contributed by atoms with van der Waals surface area (Å²) in [6.07, 6.45) is -0.142. The lowest BCUT2D eigenvalue weighted by molar-refractivity contribution is 0.102. The molecule has 10 rings (SSSR count). The second kappa shape index (κ2) is 25.0. The number of phenols is 1. The highest BCUT2D eigenvalue weighted by molar-refractivity contribution is 7.87. The molecule has 0 bridgehead atoms. The standard InChI is InChI=1S/C56H46N10O21S5/c1-29-18-34(9-14-42(29)59-60-43-13-7-31(21-48(43)84-2)56(68)57-33-8-6-30-20-36(89(72,73)74)25-47(40(30)23-33)87-16-5-17-88(69,70)71)58-61-45-27-50(86-4)46(28-49(45)85-3)62-63-54-52(92(81,82)83)22-32-19-35(10-11-38(32)55(54)67)66-64-44-15-12-39-41(53(44)65-66)24-37(90(75,76)77)26-51(39)91(78,79)80/h6-15,18-28,67H,5,16-17H2,1-4H3,(H,57,68)(H,69,70,71)(H,72,73,74)(H,75,76,77)(H,78,79,80)(H,81,82,83). The van der Waals surface area contributed by atoms with Crippen LogP contribution in [-0.4, -0.2) is 125 Å². The number of carbonyl (C=O) groups excluding carboxylic acids is 1. The first-order valence-electron chi connectivity index (χ1n) is 26.1. The second-order valence-electron chi connectivity index (χ2n) is 19.8. The van der Waals surface area contributed by atoms with E-state index in [0.29, 0.717) is 33.8 Å². The van der Waals surface area contributed by atoms with Gasteiger partial charge >= 0.3 is 0 Å². The molecule has 92 heavy (non-hydrogen) atoms. The zero-order valence-corrected chi connectivity index (χ0v) is 51.7. The van der Waals surface area contributed by atoms with Crippen LogP contribution in [0.15, 0.2) is 178 Å². The summed E-state index contributed by atoms with van der Waals surface area (Å²) in [7, 11) is -20.2. The van der Waals surface area contributed by atoms with Crippen LogP contribution in [-0.2, 0) is 50.6 Å². The van der Waals surface area contributed by atoms with Gasteiger partial charge in [0, 0.05) is 51.0 Å². The van der Waals surface area contributed by atoms with Gasteiger partial charge in [0.05, 0.1) is 60.5 Å². The number of hydrogen-bond acceptors (Lipinski definition) is 24. The first kappa shape index (κ1) is 64.9. The topological polar surface area (TPSA) is 463 Å². The molecule has 0 aliphatic heterocycles. The lowest BCUT2D eigenvalue weighted by atomic mass is 10.1. The van der Waals surface area contributed by atoms with Gasteiger partial charge in [0.15, 0.2) is 5.75 Å². The lowest BCUT2D eigenvalue weighted by Gasteiger charge is -2.13. The molecule has 0 radical (unpaired) electrons. The average Bonchev–Trinajstić information content (AvgIpc) is 1.38. The number of azo groups is 3. The number of nitrogens with zero attached hydrogens (tertiary/aromatic N) is 9. The van der Waals surface area contributed by atoms with Crippen molar-refractivity contribution >= 4 is 140 Å². The molecule has 0 fully saturated rings. The number of carbonyl (C=O) groups is 1. The Labute approximate surface area is 521 Å². The summed E-state index contributed by atoms with van der Waals surface area (Å²) in [5, 5.41) is 48.9. The number of rotatable bonds is 21. The summed E-state index contributed by atoms with van der Waals surface area (Å²) in [5.74, 6) is -1.70. The van der Waals surface area contributed by atoms with Gasteiger partial charge in [0.25, 0.3) is 56.5 Å². The molecule has 0 unspecified atom stereocenters. The molecular weight excluding hydrogens is 1310 g/mol. The van der Waals surface area contributed by atoms with Crippen molar-refractivity contribution in [2.75, 3.05) is 39.0 Å². The highest BCUT2D eigenvalue weighted by Crippen LogP contribution is 2.46. The van der Waals surface area contributed by atoms with E-state index in [1.165, 1.54) is 106 Å². The van der Waals surface area contributed by atoms with E-state index in [9.17, 15) is 70.2 Å². The Morgan fingerprint density at radius 1 is 0.522 bits per heavy atom. The van der Waals surface area contributed by atoms with Gasteiger partial charge in [-0.25, -0.2) is 0 Å². The smallest absolute Gasteiger partial charge is 0.296 e. The SMILES string of the molecule is COc1cc(N=Nc2c(S(=O)(=O)O)cc3cc(-n4nc5ccc6c(S(=O)(=O)O)cc(S(=O)(=O)O)cc6c5n4)ccc3c2O)c(OC)cc1N=Nc1ccc(N=Nc2ccc(C(=O)Nc3ccc4cc(S(=O)(=O)O)cc(OCCCS(=O)(=O)O)c4c3)cc2OC)c(C)c1. The second-order valence-corrected chi connectivity index (χ2v) is 27.0. The lowest BCUT2D eigenvalue weighted by Crippen LogP contribution is -2.12. The summed E-state index contributed by atoms with van der Waals surface area (Å²) < 4.78 is 192. The van der Waals surface area contributed by atoms with Crippen LogP contribution >= 0.6 is 0 Å². The van der Waals surface area contributed by atoms with E-state index in [4.69, 9.17) is 23.5 Å². The fraction of sp³-hybridized carbons (Fsp3) is 0.125. The van der Waals surface area contributed by atoms with E-state index in [1.807, 2.05) is 0 Å². The van der Waals surface area contributed by atoms with Crippen molar-refractivity contribution in [2.45, 2.75) is 32.9 Å². The minimum Gasteiger partial charge on any atom is -0.505 e. The van der Waals surface area contributed by atoms with E-state index >= 15 is 0 Å². The van der Waals surface area contributed by atoms with Crippen LogP contribution in [0.2, 0.25) is 0 Å². The predicted molar refractivity (Wildman–Crippen MR) is 329 cm³/mol. The summed E-state index contributed by atoms with van der Waals surface area (Å²) in [4.78, 5) is 11.5. The van der Waals surface area contributed by atoms with Crippen LogP contribution in [0.3, 0.4) is 0 Å². The normalized spacial score (nSPS) is 12.7. The maximum Gasteiger partial charge on any atom is 0.296 e. The Hall–Kier alpha value is -10.0. The maximum atomic E-state index is 13.5. The van der Waals surface area contributed by atoms with Crippen molar-refractivity contribution in [2.24, 2.45) is 30.7 Å². The van der Waals surface area contributed by atoms with Crippen LogP contribution in [0, 0.1) is 6.92 Å². The van der Waals surface area contributed by atoms with Crippen LogP contribution in [0.5, 0.6) is 28.7 Å². The number of aromatic hydroxyl groups is 1. The Balaban J connectivity index is 0.851. The molecule has 1 aromatic heterocycles. The average molecular weight is 1360 g/mol. The Morgan fingerprint density at radius 2 is 1.14 bits per heavy atom. The van der Waals surface area contributed by atoms with Gasteiger partial charge in [-0.3, -0.25) is 27.6 Å². The highest BCUT2D eigenvalue weighted by atomic mass is 32.2. The number of methoxy groups -OCH3 is 3. The fourth-order valence-corrected chi connectivity index (χ4v) is 12.3. The zero-order valence-electron chi connectivity index (χ0n) is 47.6. The van der Waals surface area contributed by atoms with E-state index in [-0.39, 0.29) is 103 Å². The number of aromatic nitrogens is 3. The Morgan fingerprint density at radius 3 is 1.78 bits per heavy atom. The first-order chi connectivity index (χ1) is 43.3. The van der Waals surface area contributed by atoms with Crippen LogP contribution in [0.4, 0.5) is 39.8 Å². The number of hydrogen-bond donors (Lipinski definition) is 7. The molecule has 0 spiro atoms. The van der Waals surface area contributed by atoms with Crippen molar-refractivity contribution < 1.29 is 93.7 Å². The van der Waals surface area contributed by atoms with Crippen LogP contribution in [0.1, 0.15) is 22.3 Å². The highest BCUT2D eigenvalue weighted by Gasteiger charge is 2.26. The van der Waals surface area contributed by atoms with E-state index in [0.717, 1.165) is 23.0 Å². The Bertz CT molecular complexity index is 5440. The van der Waals surface area contributed by atoms with Gasteiger partial charge in [0.2, 0.25) is 0 Å². The molecule has 0 saturated heterocycles. The van der Waals surface area contributed by atoms with E-state index in [1.54, 1.807) is 25.1 Å². The first-order valence-corrected chi connectivity index (χ1v) is 33.5. The van der Waals surface area contributed by atoms with E-state index < -0.39 is 93.3 Å². The van der Waals surface area contributed by atoms with Crippen LogP contribution < -0.4 is 24.3 Å². The number of phenolic OH excluding ortho intramolecular Hbond substituents is 1. The molecule has 10 aromatic rings. The molecule has 1 heterocycles. The molecule has 9 aromatic carbocycles. The number of anilines is 1. The monoisotopic (exact) mass is 1350 g/mol. The van der Waals surface area contributed by atoms with Gasteiger partial charge < -0.3 is 29.4 Å². The largest absolute Gasteiger partial charge is 0.505 e. The van der Waals surface area contributed by atoms with Crippen molar-refractivity contribution in [1.29, 1.82) is 0 Å². The molecule has 0 aliphatic carbocycles. The zero-order chi connectivity index (χ0) is 66.4. The van der Waals surface area contributed by atoms with Gasteiger partial charge in [-0.05, 0) is 127 Å². The summed E-state index contributed by atoms with van der Waals surface area (Å²) >= 11 is 0. The molecular formula is C56H46N10O21S5. The van der Waals surface area contributed by atoms with Crippen molar-refractivity contribution in [3.63, 3.8) is 0 Å². The Kier molecular flexibility index (Phi) is 17.6. The molecule has 36 heteroatoms. The van der Waals surface area contributed by atoms with Gasteiger partial charge in [0.1, 0.15) is 66.6 Å². The fourth-order valence-electron chi connectivity index (χ4n) is 9.32. The number of nitrogens with one attached hydrogen (secondary N) is 1. The number of aryl methyl sites for hydroxylation is 1. The quantitative estimate of drug-likeness (QED) is 0.0200. The third-order valence-electron chi connectivity index (χ3n) is 13.7. The van der Waals surface area contributed by atoms with Crippen LogP contribution in [0.25, 0.3) is 49.0 Å². The number of fused-ring (bicyclic) bond motifs is 5. The minimum atomic E-state index is -5.16. The van der Waals surface area contributed by atoms with E-state index in [2.05, 4.69) is 46.2 Å². The number of benzene rings is 9. The molecule has 0 saturated carbocycles. The predicted octanol–water partition coefficient (Wildman–Crippen LogP) is 11.1. The van der Waals surface area contributed by atoms with Crippen molar-refractivity contribution in [1.82, 2.24) is 15.0 Å². The summed E-state index contributed by atoms with van der Waals surface area (Å²) in [6.45, 7) is 1.50. The number of amides is 1. The third-order valence-corrected chi connectivity index (χ3v) is 17.9. The third kappa shape index (κ3) is 14.1. The molecule has 0 atom stereocenters. The van der Waals surface area contributed by atoms with Crippen molar-refractivity contribution in [3.05, 3.63) is 139 Å². The summed E-state index contributed by atoms with van der Waals surface area (Å²) in [6, 6.07) is 27.8. The minimum absolute atomic E-state index is 0.00423. The van der Waals surface area contributed by atoms with Gasteiger partial charge in [-0.1, -0.05) is 12.1 Å². The van der Waals surface area contributed by atoms with Gasteiger partial charge in [-0.15, -0.1) is 30.7 Å². The molecule has 7 N–H and O–H groups in total. The van der Waals surface area contributed by atoms with Gasteiger partial charge in [-0.2, -0.15) is 57.1 Å². The molecule has 0 aliphatic rings. The summed E-state index contributed by atoms with van der Waals surface area (Å²) in [5.41, 5.74) is 1.57. The number of ether oxygens (including phenoxy) is 4. The maximum absolute atomic E-state index is 13.5. The molecule has 31 nitrogen and oxygen atoms in total. The molecule has 476 valence electrons.